The zero-order valence-electron chi connectivity index (χ0n) is 31.0. The first-order valence-electron chi connectivity index (χ1n) is 19.4. The summed E-state index contributed by atoms with van der Waals surface area (Å²) in [6.07, 6.45) is 6.46. The Morgan fingerprint density at radius 1 is 0.519 bits per heavy atom. The number of fused-ring (bicyclic) bond motifs is 2. The SMILES string of the molecule is C(=C\Cn1c(-c2ccc(OCCCN3CCOCC3)cc2)nc2ccccc21)/Cn1c(-c2ccc(OCCCN3CCOCC3)cc2)nc2ccccc21. The lowest BCUT2D eigenvalue weighted by molar-refractivity contribution is 0.0357. The Bertz CT molecular complexity index is 1960. The Morgan fingerprint density at radius 2 is 0.926 bits per heavy atom. The number of aromatic nitrogens is 4. The van der Waals surface area contributed by atoms with E-state index in [1.54, 1.807) is 0 Å². The van der Waals surface area contributed by atoms with Crippen molar-refractivity contribution in [1.82, 2.24) is 28.9 Å². The predicted molar refractivity (Wildman–Crippen MR) is 214 cm³/mol. The van der Waals surface area contributed by atoms with E-state index < -0.39 is 0 Å². The molecule has 280 valence electrons. The quantitative estimate of drug-likeness (QED) is 0.0768. The van der Waals surface area contributed by atoms with Crippen molar-refractivity contribution in [2.75, 3.05) is 78.9 Å². The minimum atomic E-state index is 0.690. The second-order valence-electron chi connectivity index (χ2n) is 13.9. The van der Waals surface area contributed by atoms with E-state index in [1.807, 2.05) is 12.1 Å². The zero-order valence-corrected chi connectivity index (χ0v) is 31.0. The van der Waals surface area contributed by atoms with Gasteiger partial charge in [-0.1, -0.05) is 36.4 Å². The van der Waals surface area contributed by atoms with Crippen molar-refractivity contribution in [3.05, 3.63) is 109 Å². The molecule has 0 amide bonds. The highest BCUT2D eigenvalue weighted by atomic mass is 16.5. The Balaban J connectivity index is 0.923. The summed E-state index contributed by atoms with van der Waals surface area (Å²) in [6, 6.07) is 33.4. The summed E-state index contributed by atoms with van der Waals surface area (Å²) < 4.78 is 27.7. The van der Waals surface area contributed by atoms with Crippen molar-refractivity contribution in [2.24, 2.45) is 0 Å². The van der Waals surface area contributed by atoms with E-state index in [0.717, 1.165) is 135 Å². The molecule has 54 heavy (non-hydrogen) atoms. The molecule has 2 aliphatic heterocycles. The molecule has 10 nitrogen and oxygen atoms in total. The summed E-state index contributed by atoms with van der Waals surface area (Å²) in [5, 5.41) is 0. The minimum absolute atomic E-state index is 0.690. The van der Waals surface area contributed by atoms with Crippen LogP contribution in [-0.2, 0) is 22.6 Å². The smallest absolute Gasteiger partial charge is 0.141 e. The van der Waals surface area contributed by atoms with Gasteiger partial charge in [-0.15, -0.1) is 0 Å². The molecule has 0 unspecified atom stereocenters. The van der Waals surface area contributed by atoms with Gasteiger partial charge in [-0.05, 0) is 85.6 Å². The molecule has 0 bridgehead atoms. The van der Waals surface area contributed by atoms with Gasteiger partial charge in [0.05, 0.1) is 61.7 Å². The number of rotatable bonds is 16. The lowest BCUT2D eigenvalue weighted by Gasteiger charge is -2.26. The number of allylic oxidation sites excluding steroid dienone is 2. The van der Waals surface area contributed by atoms with Crippen LogP contribution in [0.1, 0.15) is 12.8 Å². The highest BCUT2D eigenvalue weighted by Gasteiger charge is 2.15. The van der Waals surface area contributed by atoms with Gasteiger partial charge in [-0.25, -0.2) is 9.97 Å². The molecule has 2 saturated heterocycles. The van der Waals surface area contributed by atoms with Crippen molar-refractivity contribution >= 4 is 22.1 Å². The first-order chi connectivity index (χ1) is 26.8. The van der Waals surface area contributed by atoms with Gasteiger partial charge in [0.1, 0.15) is 23.1 Å². The lowest BCUT2D eigenvalue weighted by atomic mass is 10.2. The van der Waals surface area contributed by atoms with Crippen LogP contribution in [0.15, 0.2) is 109 Å². The van der Waals surface area contributed by atoms with Gasteiger partial charge in [-0.3, -0.25) is 9.80 Å². The van der Waals surface area contributed by atoms with Crippen molar-refractivity contribution in [3.8, 4) is 34.3 Å². The van der Waals surface area contributed by atoms with Gasteiger partial charge >= 0.3 is 0 Å². The number of benzene rings is 4. The standard InChI is InChI=1S/C44H50N6O4/c1-3-11-41-39(9-1)45-43(35-13-17-37(18-14-35)53-29-7-21-47-25-31-51-32-26-47)49(41)23-5-6-24-50-42-12-4-2-10-40(42)46-44(50)36-15-19-38(20-16-36)54-30-8-22-48-27-33-52-34-28-48/h1-6,9-20H,7-8,21-34H2/b6-5+. The van der Waals surface area contributed by atoms with Crippen LogP contribution in [0.2, 0.25) is 0 Å². The van der Waals surface area contributed by atoms with E-state index in [1.165, 1.54) is 0 Å². The summed E-state index contributed by atoms with van der Waals surface area (Å²) >= 11 is 0. The molecule has 8 rings (SSSR count). The first kappa shape index (κ1) is 36.0. The van der Waals surface area contributed by atoms with Gasteiger partial charge in [0.15, 0.2) is 0 Å². The Hall–Kier alpha value is -5.00. The molecular formula is C44H50N6O4. The largest absolute Gasteiger partial charge is 0.494 e. The van der Waals surface area contributed by atoms with E-state index in [0.29, 0.717) is 26.3 Å². The van der Waals surface area contributed by atoms with E-state index in [9.17, 15) is 0 Å². The molecule has 2 aromatic heterocycles. The van der Waals surface area contributed by atoms with Crippen molar-refractivity contribution in [1.29, 1.82) is 0 Å². The maximum atomic E-state index is 6.09. The van der Waals surface area contributed by atoms with Crippen LogP contribution in [-0.4, -0.2) is 108 Å². The molecular weight excluding hydrogens is 677 g/mol. The van der Waals surface area contributed by atoms with Crippen LogP contribution in [0.4, 0.5) is 0 Å². The summed E-state index contributed by atoms with van der Waals surface area (Å²) in [5.74, 6) is 3.65. The summed E-state index contributed by atoms with van der Waals surface area (Å²) in [7, 11) is 0. The number of nitrogens with zero attached hydrogens (tertiary/aromatic N) is 6. The van der Waals surface area contributed by atoms with E-state index in [-0.39, 0.29) is 0 Å². The number of para-hydroxylation sites is 4. The number of ether oxygens (including phenoxy) is 4. The molecule has 6 aromatic rings. The second-order valence-corrected chi connectivity index (χ2v) is 13.9. The molecule has 0 aliphatic carbocycles. The maximum absolute atomic E-state index is 6.09. The van der Waals surface area contributed by atoms with Crippen molar-refractivity contribution in [3.63, 3.8) is 0 Å². The number of hydrogen-bond acceptors (Lipinski definition) is 8. The maximum Gasteiger partial charge on any atom is 0.141 e. The van der Waals surface area contributed by atoms with Gasteiger partial charge in [0.25, 0.3) is 0 Å². The van der Waals surface area contributed by atoms with Gasteiger partial charge in [0, 0.05) is 63.5 Å². The van der Waals surface area contributed by atoms with Crippen LogP contribution < -0.4 is 9.47 Å². The van der Waals surface area contributed by atoms with E-state index in [4.69, 9.17) is 28.9 Å². The number of morpholine rings is 2. The molecule has 0 atom stereocenters. The Kier molecular flexibility index (Phi) is 11.9. The topological polar surface area (TPSA) is 79.0 Å². The van der Waals surface area contributed by atoms with Crippen LogP contribution in [0.5, 0.6) is 11.5 Å². The fraction of sp³-hybridized carbons (Fsp3) is 0.364. The highest BCUT2D eigenvalue weighted by Crippen LogP contribution is 2.29. The molecule has 0 radical (unpaired) electrons. The Morgan fingerprint density at radius 3 is 1.35 bits per heavy atom. The van der Waals surface area contributed by atoms with E-state index in [2.05, 4.69) is 116 Å². The van der Waals surface area contributed by atoms with Crippen LogP contribution >= 0.6 is 0 Å². The third-order valence-corrected chi connectivity index (χ3v) is 10.3. The molecule has 4 heterocycles. The predicted octanol–water partition coefficient (Wildman–Crippen LogP) is 7.18. The van der Waals surface area contributed by atoms with Crippen molar-refractivity contribution in [2.45, 2.75) is 25.9 Å². The summed E-state index contributed by atoms with van der Waals surface area (Å²) in [4.78, 5) is 15.0. The summed E-state index contributed by atoms with van der Waals surface area (Å²) in [5.41, 5.74) is 6.31. The molecule has 2 aliphatic rings. The molecule has 10 heteroatoms. The average molecular weight is 727 g/mol. The zero-order chi connectivity index (χ0) is 36.4. The first-order valence-corrected chi connectivity index (χ1v) is 19.4. The van der Waals surface area contributed by atoms with Gasteiger partial charge in [0.2, 0.25) is 0 Å². The minimum Gasteiger partial charge on any atom is -0.494 e. The third-order valence-electron chi connectivity index (χ3n) is 10.3. The molecule has 0 spiro atoms. The van der Waals surface area contributed by atoms with Crippen LogP contribution in [0.3, 0.4) is 0 Å². The summed E-state index contributed by atoms with van der Waals surface area (Å²) in [6.45, 7) is 12.2. The molecule has 2 fully saturated rings. The normalized spacial score (nSPS) is 15.8. The van der Waals surface area contributed by atoms with Crippen LogP contribution in [0.25, 0.3) is 44.8 Å². The van der Waals surface area contributed by atoms with Gasteiger partial charge < -0.3 is 28.1 Å². The molecule has 0 saturated carbocycles. The monoisotopic (exact) mass is 726 g/mol. The van der Waals surface area contributed by atoms with Crippen molar-refractivity contribution < 1.29 is 18.9 Å². The fourth-order valence-electron chi connectivity index (χ4n) is 7.33. The highest BCUT2D eigenvalue weighted by molar-refractivity contribution is 5.82. The molecule has 0 N–H and O–H groups in total. The lowest BCUT2D eigenvalue weighted by Crippen LogP contribution is -2.37. The van der Waals surface area contributed by atoms with E-state index >= 15 is 0 Å². The van der Waals surface area contributed by atoms with Crippen LogP contribution in [0, 0.1) is 0 Å². The fourth-order valence-corrected chi connectivity index (χ4v) is 7.33. The van der Waals surface area contributed by atoms with Gasteiger partial charge in [-0.2, -0.15) is 0 Å². The number of hydrogen-bond donors (Lipinski definition) is 0. The Labute approximate surface area is 317 Å². The average Bonchev–Trinajstić information content (AvgIpc) is 3.79. The second kappa shape index (κ2) is 17.9. The third kappa shape index (κ3) is 8.85. The number of imidazole rings is 2. The molecule has 4 aromatic carbocycles.